The molecule has 0 bridgehead atoms. The van der Waals surface area contributed by atoms with E-state index in [0.29, 0.717) is 23.7 Å². The van der Waals surface area contributed by atoms with E-state index >= 15 is 0 Å². The zero-order valence-corrected chi connectivity index (χ0v) is 17.4. The molecule has 0 spiro atoms. The summed E-state index contributed by atoms with van der Waals surface area (Å²) in [5.74, 6) is 2.25. The van der Waals surface area contributed by atoms with Gasteiger partial charge in [-0.3, -0.25) is 0 Å². The van der Waals surface area contributed by atoms with Crippen LogP contribution in [0.5, 0.6) is 0 Å². The Bertz CT molecular complexity index is 660. The summed E-state index contributed by atoms with van der Waals surface area (Å²) < 4.78 is 12.3. The first kappa shape index (κ1) is 19.3. The molecule has 0 aliphatic heterocycles. The van der Waals surface area contributed by atoms with Crippen molar-refractivity contribution < 1.29 is 9.47 Å². The number of methoxy groups -OCH3 is 2. The summed E-state index contributed by atoms with van der Waals surface area (Å²) in [6.45, 7) is 9.39. The average molecular weight is 374 g/mol. The number of nitrogens with zero attached hydrogens (tertiary/aromatic N) is 3. The quantitative estimate of drug-likeness (QED) is 0.283. The molecular formula is C22H35N3O2. The van der Waals surface area contributed by atoms with Crippen molar-refractivity contribution in [2.24, 2.45) is 39.6 Å². The lowest BCUT2D eigenvalue weighted by molar-refractivity contribution is -0.225. The number of hydrogen-bond donors (Lipinski definition) is 0. The molecule has 150 valence electrons. The van der Waals surface area contributed by atoms with Crippen LogP contribution in [-0.2, 0) is 9.47 Å². The van der Waals surface area contributed by atoms with Gasteiger partial charge in [0.15, 0.2) is 0 Å². The van der Waals surface area contributed by atoms with E-state index in [1.807, 2.05) is 14.2 Å². The van der Waals surface area contributed by atoms with Crippen LogP contribution in [0.2, 0.25) is 0 Å². The van der Waals surface area contributed by atoms with Crippen molar-refractivity contribution in [3.05, 3.63) is 22.6 Å². The van der Waals surface area contributed by atoms with Crippen molar-refractivity contribution in [2.45, 2.75) is 77.0 Å². The van der Waals surface area contributed by atoms with Crippen LogP contribution < -0.4 is 0 Å². The van der Waals surface area contributed by atoms with E-state index in [0.717, 1.165) is 25.7 Å². The van der Waals surface area contributed by atoms with Gasteiger partial charge in [0.1, 0.15) is 0 Å². The van der Waals surface area contributed by atoms with Crippen LogP contribution in [0.1, 0.15) is 58.8 Å². The number of fused-ring (bicyclic) bond motifs is 5. The van der Waals surface area contributed by atoms with Gasteiger partial charge in [0, 0.05) is 25.2 Å². The fourth-order valence-corrected chi connectivity index (χ4v) is 7.86. The summed E-state index contributed by atoms with van der Waals surface area (Å²) in [6.07, 6.45) is 8.18. The van der Waals surface area contributed by atoms with Gasteiger partial charge in [0.2, 0.25) is 0 Å². The highest BCUT2D eigenvalue weighted by atomic mass is 16.5. The van der Waals surface area contributed by atoms with Crippen molar-refractivity contribution in [1.82, 2.24) is 0 Å². The van der Waals surface area contributed by atoms with Crippen LogP contribution >= 0.6 is 0 Å². The highest BCUT2D eigenvalue weighted by molar-refractivity contribution is 5.23. The van der Waals surface area contributed by atoms with Crippen LogP contribution in [0, 0.1) is 34.5 Å². The molecule has 5 nitrogen and oxygen atoms in total. The molecule has 9 atom stereocenters. The van der Waals surface area contributed by atoms with Gasteiger partial charge in [-0.1, -0.05) is 31.1 Å². The molecule has 4 rings (SSSR count). The summed E-state index contributed by atoms with van der Waals surface area (Å²) in [5, 5.41) is 4.08. The van der Waals surface area contributed by atoms with Crippen LogP contribution in [-0.4, -0.2) is 32.5 Å². The third kappa shape index (κ3) is 2.62. The SMILES string of the molecule is C=C1CCC2C3C(OC)[C@H](OC)C4C[C@@H](N=[N+]=[N-])CC[C@]4(C)C3CC[C@]12C. The summed E-state index contributed by atoms with van der Waals surface area (Å²) in [4.78, 5) is 3.10. The van der Waals surface area contributed by atoms with Crippen molar-refractivity contribution in [1.29, 1.82) is 0 Å². The van der Waals surface area contributed by atoms with E-state index in [1.54, 1.807) is 0 Å². The van der Waals surface area contributed by atoms with Crippen LogP contribution in [0.15, 0.2) is 17.3 Å². The fourth-order valence-electron chi connectivity index (χ4n) is 7.86. The number of rotatable bonds is 3. The third-order valence-electron chi connectivity index (χ3n) is 9.38. The van der Waals surface area contributed by atoms with E-state index in [-0.39, 0.29) is 29.1 Å². The minimum atomic E-state index is 0.0779. The lowest BCUT2D eigenvalue weighted by Crippen LogP contribution is -2.64. The minimum Gasteiger partial charge on any atom is -0.378 e. The summed E-state index contributed by atoms with van der Waals surface area (Å²) in [6, 6.07) is 0.0971. The number of hydrogen-bond acceptors (Lipinski definition) is 3. The largest absolute Gasteiger partial charge is 0.378 e. The van der Waals surface area contributed by atoms with E-state index in [2.05, 4.69) is 30.5 Å². The first-order valence-corrected chi connectivity index (χ1v) is 10.7. The summed E-state index contributed by atoms with van der Waals surface area (Å²) >= 11 is 0. The topological polar surface area (TPSA) is 67.2 Å². The molecule has 0 aromatic rings. The second-order valence-corrected chi connectivity index (χ2v) is 10.0. The highest BCUT2D eigenvalue weighted by Crippen LogP contribution is 2.67. The summed E-state index contributed by atoms with van der Waals surface area (Å²) in [7, 11) is 3.70. The molecule has 0 aromatic carbocycles. The summed E-state index contributed by atoms with van der Waals surface area (Å²) in [5.41, 5.74) is 10.9. The van der Waals surface area contributed by atoms with E-state index in [4.69, 9.17) is 15.0 Å². The predicted molar refractivity (Wildman–Crippen MR) is 106 cm³/mol. The van der Waals surface area contributed by atoms with Crippen LogP contribution in [0.4, 0.5) is 0 Å². The van der Waals surface area contributed by atoms with E-state index in [1.165, 1.54) is 24.8 Å². The van der Waals surface area contributed by atoms with Gasteiger partial charge < -0.3 is 9.47 Å². The molecule has 4 fully saturated rings. The predicted octanol–water partition coefficient (Wildman–Crippen LogP) is 5.51. The molecule has 27 heavy (non-hydrogen) atoms. The monoisotopic (exact) mass is 373 g/mol. The third-order valence-corrected chi connectivity index (χ3v) is 9.38. The van der Waals surface area contributed by atoms with Gasteiger partial charge in [-0.15, -0.1) is 0 Å². The molecule has 5 unspecified atom stereocenters. The molecule has 4 aliphatic rings. The maximum Gasteiger partial charge on any atom is 0.0869 e. The Morgan fingerprint density at radius 3 is 2.44 bits per heavy atom. The van der Waals surface area contributed by atoms with Gasteiger partial charge in [0.05, 0.1) is 12.2 Å². The molecule has 0 amide bonds. The van der Waals surface area contributed by atoms with Gasteiger partial charge in [-0.2, -0.15) is 0 Å². The second kappa shape index (κ2) is 6.79. The maximum absolute atomic E-state index is 8.94. The first-order chi connectivity index (χ1) is 12.9. The maximum atomic E-state index is 8.94. The normalized spacial score (nSPS) is 51.7. The van der Waals surface area contributed by atoms with Crippen LogP contribution in [0.25, 0.3) is 10.4 Å². The van der Waals surface area contributed by atoms with Gasteiger partial charge in [0.25, 0.3) is 0 Å². The molecule has 4 aliphatic carbocycles. The van der Waals surface area contributed by atoms with Crippen molar-refractivity contribution in [2.75, 3.05) is 14.2 Å². The van der Waals surface area contributed by atoms with Gasteiger partial charge in [-0.05, 0) is 85.0 Å². The Labute approximate surface area is 163 Å². The van der Waals surface area contributed by atoms with E-state index in [9.17, 15) is 0 Å². The Morgan fingerprint density at radius 2 is 1.78 bits per heavy atom. The fraction of sp³-hybridized carbons (Fsp3) is 0.909. The zero-order valence-electron chi connectivity index (χ0n) is 17.4. The van der Waals surface area contributed by atoms with E-state index < -0.39 is 0 Å². The zero-order chi connectivity index (χ0) is 19.4. The molecule has 0 saturated heterocycles. The molecular weight excluding hydrogens is 338 g/mol. The Morgan fingerprint density at radius 1 is 1.04 bits per heavy atom. The highest BCUT2D eigenvalue weighted by Gasteiger charge is 2.64. The lowest BCUT2D eigenvalue weighted by Gasteiger charge is -2.64. The van der Waals surface area contributed by atoms with Gasteiger partial charge in [-0.25, -0.2) is 0 Å². The smallest absolute Gasteiger partial charge is 0.0869 e. The standard InChI is InChI=1S/C22H35N3O2/c1-13-6-7-15-18-16(9-11-21(13,15)2)22(3)10-8-14(24-25-23)12-17(22)19(26-4)20(18)27-5/h14-20H,1,6-12H2,2-5H3/t14-,15?,16?,17?,18?,19+,20?,21+,22+/m0/s1. The Hall–Kier alpha value is -1.03. The molecule has 4 saturated carbocycles. The number of azide groups is 1. The van der Waals surface area contributed by atoms with Crippen LogP contribution in [0.3, 0.4) is 0 Å². The van der Waals surface area contributed by atoms with Crippen molar-refractivity contribution in [3.63, 3.8) is 0 Å². The molecule has 5 heteroatoms. The number of allylic oxidation sites excluding steroid dienone is 1. The first-order valence-electron chi connectivity index (χ1n) is 10.7. The molecule has 0 N–H and O–H groups in total. The average Bonchev–Trinajstić information content (AvgIpc) is 2.96. The van der Waals surface area contributed by atoms with Crippen molar-refractivity contribution in [3.8, 4) is 0 Å². The lowest BCUT2D eigenvalue weighted by atomic mass is 9.43. The second-order valence-electron chi connectivity index (χ2n) is 10.0. The molecule has 0 aromatic heterocycles. The van der Waals surface area contributed by atoms with Gasteiger partial charge >= 0.3 is 0 Å². The Kier molecular flexibility index (Phi) is 4.85. The van der Waals surface area contributed by atoms with Crippen molar-refractivity contribution >= 4 is 0 Å². The molecule has 0 radical (unpaired) electrons. The number of ether oxygens (including phenoxy) is 2. The minimum absolute atomic E-state index is 0.0779. The molecule has 0 heterocycles. The Balaban J connectivity index is 1.74.